The number of hydrogen-bond acceptors (Lipinski definition) is 6. The lowest BCUT2D eigenvalue weighted by atomic mass is 9.91. The molecule has 2 aliphatic rings. The Labute approximate surface area is 183 Å². The Kier molecular flexibility index (Phi) is 6.62. The maximum Gasteiger partial charge on any atom is 0.351 e. The molecule has 0 spiro atoms. The summed E-state index contributed by atoms with van der Waals surface area (Å²) in [6, 6.07) is 7.94. The van der Waals surface area contributed by atoms with Crippen LogP contribution in [0.2, 0.25) is 0 Å². The van der Waals surface area contributed by atoms with Crippen LogP contribution >= 0.6 is 0 Å². The largest absolute Gasteiger partial charge is 0.494 e. The van der Waals surface area contributed by atoms with E-state index in [9.17, 15) is 4.79 Å². The second-order valence-electron chi connectivity index (χ2n) is 9.37. The molecule has 0 saturated carbocycles. The minimum atomic E-state index is -0.290. The van der Waals surface area contributed by atoms with Crippen LogP contribution in [0.5, 0.6) is 11.6 Å². The fourth-order valence-electron chi connectivity index (χ4n) is 3.95. The molecule has 2 aromatic rings. The highest BCUT2D eigenvalue weighted by Gasteiger charge is 2.21. The van der Waals surface area contributed by atoms with E-state index in [1.165, 1.54) is 5.56 Å². The zero-order valence-electron chi connectivity index (χ0n) is 18.7. The Morgan fingerprint density at radius 1 is 1.19 bits per heavy atom. The van der Waals surface area contributed by atoms with Crippen LogP contribution in [0, 0.1) is 5.41 Å². The molecular weight excluding hydrogens is 396 g/mol. The molecule has 2 aliphatic heterocycles. The molecule has 7 heteroatoms. The molecule has 0 aliphatic carbocycles. The fraction of sp³-hybridized carbons (Fsp3) is 0.583. The molecule has 7 nitrogen and oxygen atoms in total. The van der Waals surface area contributed by atoms with Gasteiger partial charge in [-0.3, -0.25) is 4.57 Å². The summed E-state index contributed by atoms with van der Waals surface area (Å²) in [6.07, 6.45) is 2.79. The SMILES string of the molecule is CC(C)(C)CCCOc1ccc2c(c1)CCn1c-2cc(OCC2COCCO2)nc1=O. The van der Waals surface area contributed by atoms with Gasteiger partial charge in [-0.05, 0) is 48.4 Å². The van der Waals surface area contributed by atoms with Gasteiger partial charge in [0.25, 0.3) is 0 Å². The van der Waals surface area contributed by atoms with Gasteiger partial charge < -0.3 is 18.9 Å². The van der Waals surface area contributed by atoms with Crippen LogP contribution in [0.15, 0.2) is 29.1 Å². The lowest BCUT2D eigenvalue weighted by Crippen LogP contribution is -2.34. The first kappa shape index (κ1) is 21.8. The number of fused-ring (bicyclic) bond motifs is 3. The second-order valence-corrected chi connectivity index (χ2v) is 9.37. The van der Waals surface area contributed by atoms with Crippen molar-refractivity contribution in [2.75, 3.05) is 33.0 Å². The van der Waals surface area contributed by atoms with E-state index in [0.29, 0.717) is 50.9 Å². The number of rotatable bonds is 7. The highest BCUT2D eigenvalue weighted by molar-refractivity contribution is 5.67. The van der Waals surface area contributed by atoms with Crippen molar-refractivity contribution < 1.29 is 18.9 Å². The molecule has 31 heavy (non-hydrogen) atoms. The van der Waals surface area contributed by atoms with E-state index in [-0.39, 0.29) is 11.8 Å². The summed E-state index contributed by atoms with van der Waals surface area (Å²) in [4.78, 5) is 16.7. The Morgan fingerprint density at radius 3 is 2.84 bits per heavy atom. The van der Waals surface area contributed by atoms with E-state index >= 15 is 0 Å². The second kappa shape index (κ2) is 9.40. The minimum absolute atomic E-state index is 0.139. The molecule has 4 rings (SSSR count). The van der Waals surface area contributed by atoms with Gasteiger partial charge >= 0.3 is 5.69 Å². The van der Waals surface area contributed by atoms with Crippen LogP contribution in [0.25, 0.3) is 11.3 Å². The summed E-state index contributed by atoms with van der Waals surface area (Å²) in [5.74, 6) is 1.20. The van der Waals surface area contributed by atoms with Gasteiger partial charge in [0.1, 0.15) is 18.5 Å². The molecule has 0 radical (unpaired) electrons. The van der Waals surface area contributed by atoms with Crippen LogP contribution in [0.1, 0.15) is 39.2 Å². The van der Waals surface area contributed by atoms with Crippen molar-refractivity contribution in [1.29, 1.82) is 0 Å². The van der Waals surface area contributed by atoms with E-state index in [1.807, 2.05) is 18.2 Å². The smallest absolute Gasteiger partial charge is 0.351 e. The summed E-state index contributed by atoms with van der Waals surface area (Å²) < 4.78 is 24.4. The molecule has 1 aromatic heterocycles. The van der Waals surface area contributed by atoms with Crippen molar-refractivity contribution in [2.45, 2.75) is 52.7 Å². The van der Waals surface area contributed by atoms with Crippen LogP contribution in [0.4, 0.5) is 0 Å². The Morgan fingerprint density at radius 2 is 2.06 bits per heavy atom. The summed E-state index contributed by atoms with van der Waals surface area (Å²) in [5.41, 5.74) is 3.06. The van der Waals surface area contributed by atoms with E-state index < -0.39 is 0 Å². The van der Waals surface area contributed by atoms with Gasteiger partial charge in [-0.1, -0.05) is 20.8 Å². The molecule has 1 unspecified atom stereocenters. The normalized spacial score (nSPS) is 18.2. The molecule has 3 heterocycles. The maximum absolute atomic E-state index is 12.6. The summed E-state index contributed by atoms with van der Waals surface area (Å²) in [6.45, 7) is 10.0. The molecule has 0 amide bonds. The topological polar surface area (TPSA) is 71.8 Å². The Bertz CT molecular complexity index is 957. The number of ether oxygens (including phenoxy) is 4. The van der Waals surface area contributed by atoms with Gasteiger partial charge in [-0.25, -0.2) is 4.79 Å². The van der Waals surface area contributed by atoms with Crippen LogP contribution in [-0.4, -0.2) is 48.7 Å². The Balaban J connectivity index is 1.46. The molecule has 1 aromatic carbocycles. The van der Waals surface area contributed by atoms with Gasteiger partial charge in [-0.15, -0.1) is 0 Å². The fourth-order valence-corrected chi connectivity index (χ4v) is 3.95. The predicted octanol–water partition coefficient (Wildman–Crippen LogP) is 3.47. The summed E-state index contributed by atoms with van der Waals surface area (Å²) in [5, 5.41) is 0. The first-order chi connectivity index (χ1) is 14.9. The van der Waals surface area contributed by atoms with Gasteiger partial charge in [0.15, 0.2) is 0 Å². The van der Waals surface area contributed by atoms with Gasteiger partial charge in [0.2, 0.25) is 5.88 Å². The monoisotopic (exact) mass is 428 g/mol. The van der Waals surface area contributed by atoms with Crippen molar-refractivity contribution in [1.82, 2.24) is 9.55 Å². The van der Waals surface area contributed by atoms with Crippen LogP contribution < -0.4 is 15.2 Å². The molecule has 1 saturated heterocycles. The lowest BCUT2D eigenvalue weighted by molar-refractivity contribution is -0.102. The standard InChI is InChI=1S/C24H32N2O5/c1-24(2,3)8-4-10-29-18-5-6-20-17(13-18)7-9-26-21(20)14-22(25-23(26)27)31-16-19-15-28-11-12-30-19/h5-6,13-14,19H,4,7-12,15-16H2,1-3H3. The van der Waals surface area contributed by atoms with Crippen LogP contribution in [-0.2, 0) is 22.4 Å². The average Bonchev–Trinajstić information content (AvgIpc) is 2.75. The van der Waals surface area contributed by atoms with E-state index in [1.54, 1.807) is 4.57 Å². The van der Waals surface area contributed by atoms with Crippen molar-refractivity contribution in [3.05, 3.63) is 40.3 Å². The number of nitrogens with zero attached hydrogens (tertiary/aromatic N) is 2. The Hall–Kier alpha value is -2.38. The molecular formula is C24H32N2O5. The van der Waals surface area contributed by atoms with Crippen molar-refractivity contribution >= 4 is 0 Å². The maximum atomic E-state index is 12.6. The molecule has 0 bridgehead atoms. The third-order valence-corrected chi connectivity index (χ3v) is 5.59. The van der Waals surface area contributed by atoms with E-state index in [0.717, 1.165) is 36.3 Å². The summed E-state index contributed by atoms with van der Waals surface area (Å²) in [7, 11) is 0. The zero-order valence-corrected chi connectivity index (χ0v) is 18.7. The lowest BCUT2D eigenvalue weighted by Gasteiger charge is -2.24. The highest BCUT2D eigenvalue weighted by atomic mass is 16.6. The number of aryl methyl sites for hydroxylation is 1. The van der Waals surface area contributed by atoms with Gasteiger partial charge in [0, 0.05) is 18.2 Å². The number of hydrogen-bond donors (Lipinski definition) is 0. The van der Waals surface area contributed by atoms with E-state index in [2.05, 4.69) is 31.8 Å². The molecule has 1 fully saturated rings. The first-order valence-corrected chi connectivity index (χ1v) is 11.1. The summed E-state index contributed by atoms with van der Waals surface area (Å²) >= 11 is 0. The third kappa shape index (κ3) is 5.66. The van der Waals surface area contributed by atoms with Crippen molar-refractivity contribution in [3.8, 4) is 22.9 Å². The number of benzene rings is 1. The first-order valence-electron chi connectivity index (χ1n) is 11.1. The van der Waals surface area contributed by atoms with Crippen molar-refractivity contribution in [2.24, 2.45) is 5.41 Å². The van der Waals surface area contributed by atoms with Gasteiger partial charge in [-0.2, -0.15) is 4.98 Å². The third-order valence-electron chi connectivity index (χ3n) is 5.59. The average molecular weight is 429 g/mol. The quantitative estimate of drug-likeness (QED) is 0.629. The molecule has 168 valence electrons. The van der Waals surface area contributed by atoms with Crippen molar-refractivity contribution in [3.63, 3.8) is 0 Å². The van der Waals surface area contributed by atoms with Crippen LogP contribution in [0.3, 0.4) is 0 Å². The zero-order chi connectivity index (χ0) is 21.8. The highest BCUT2D eigenvalue weighted by Crippen LogP contribution is 2.32. The molecule has 1 atom stereocenters. The van der Waals surface area contributed by atoms with Gasteiger partial charge in [0.05, 0.1) is 32.1 Å². The predicted molar refractivity (Wildman–Crippen MR) is 118 cm³/mol. The minimum Gasteiger partial charge on any atom is -0.494 e. The molecule has 0 N–H and O–H groups in total. The van der Waals surface area contributed by atoms with E-state index in [4.69, 9.17) is 18.9 Å². The number of aromatic nitrogens is 2.